The van der Waals surface area contributed by atoms with E-state index in [0.29, 0.717) is 0 Å². The van der Waals surface area contributed by atoms with Gasteiger partial charge in [-0.1, -0.05) is 84.9 Å². The van der Waals surface area contributed by atoms with Crippen LogP contribution in [-0.2, 0) is 0 Å². The first kappa shape index (κ1) is 15.5. The zero-order chi connectivity index (χ0) is 16.9. The van der Waals surface area contributed by atoms with Crippen LogP contribution in [-0.4, -0.2) is 0 Å². The molecule has 1 N–H and O–H groups in total. The van der Waals surface area contributed by atoms with Crippen LogP contribution in [0.4, 0.5) is 5.69 Å². The zero-order valence-electron chi connectivity index (χ0n) is 14.2. The van der Waals surface area contributed by atoms with E-state index in [-0.39, 0.29) is 0 Å². The lowest BCUT2D eigenvalue weighted by atomic mass is 9.96. The highest BCUT2D eigenvalue weighted by Crippen LogP contribution is 2.30. The lowest BCUT2D eigenvalue weighted by Gasteiger charge is -2.19. The van der Waals surface area contributed by atoms with Crippen molar-refractivity contribution in [3.63, 3.8) is 0 Å². The van der Waals surface area contributed by atoms with Crippen molar-refractivity contribution in [3.05, 3.63) is 108 Å². The third-order valence-corrected chi connectivity index (χ3v) is 4.51. The quantitative estimate of drug-likeness (QED) is 0.576. The van der Waals surface area contributed by atoms with Crippen LogP contribution in [0.1, 0.15) is 18.4 Å². The van der Waals surface area contributed by atoms with Crippen LogP contribution in [0.2, 0.25) is 0 Å². The number of anilines is 1. The van der Waals surface area contributed by atoms with Crippen LogP contribution >= 0.6 is 0 Å². The maximum atomic E-state index is 3.60. The summed E-state index contributed by atoms with van der Waals surface area (Å²) in [5.74, 6) is 0. The van der Waals surface area contributed by atoms with E-state index < -0.39 is 0 Å². The molecule has 0 heterocycles. The number of rotatable bonds is 4. The molecule has 122 valence electrons. The third kappa shape index (κ3) is 3.56. The maximum absolute atomic E-state index is 3.60. The minimum absolute atomic E-state index is 1.08. The van der Waals surface area contributed by atoms with Crippen LogP contribution in [0.15, 0.2) is 103 Å². The van der Waals surface area contributed by atoms with Crippen LogP contribution in [0.25, 0.3) is 16.7 Å². The van der Waals surface area contributed by atoms with E-state index in [0.717, 1.165) is 18.5 Å². The number of hydrogen-bond donors (Lipinski definition) is 1. The van der Waals surface area contributed by atoms with Crippen molar-refractivity contribution < 1.29 is 0 Å². The van der Waals surface area contributed by atoms with E-state index in [9.17, 15) is 0 Å². The summed E-state index contributed by atoms with van der Waals surface area (Å²) in [5, 5.41) is 3.60. The van der Waals surface area contributed by atoms with Crippen molar-refractivity contribution in [1.29, 1.82) is 0 Å². The van der Waals surface area contributed by atoms with Crippen molar-refractivity contribution in [2.24, 2.45) is 0 Å². The average Bonchev–Trinajstić information content (AvgIpc) is 2.70. The molecule has 25 heavy (non-hydrogen) atoms. The summed E-state index contributed by atoms with van der Waals surface area (Å²) in [6, 6.07) is 29.7. The first-order valence-electron chi connectivity index (χ1n) is 8.79. The van der Waals surface area contributed by atoms with E-state index in [4.69, 9.17) is 0 Å². The topological polar surface area (TPSA) is 12.0 Å². The summed E-state index contributed by atoms with van der Waals surface area (Å²) in [7, 11) is 0. The predicted molar refractivity (Wildman–Crippen MR) is 107 cm³/mol. The van der Waals surface area contributed by atoms with Crippen molar-refractivity contribution in [2.75, 3.05) is 5.32 Å². The Morgan fingerprint density at radius 1 is 0.520 bits per heavy atom. The smallest absolute Gasteiger partial charge is 0.0420 e. The van der Waals surface area contributed by atoms with E-state index in [1.54, 1.807) is 0 Å². The van der Waals surface area contributed by atoms with Crippen molar-refractivity contribution >= 4 is 11.3 Å². The monoisotopic (exact) mass is 323 g/mol. The molecule has 1 heteroatoms. The van der Waals surface area contributed by atoms with Gasteiger partial charge in [0.05, 0.1) is 0 Å². The molecule has 0 radical (unpaired) electrons. The molecule has 0 spiro atoms. The Labute approximate surface area is 149 Å². The lowest BCUT2D eigenvalue weighted by molar-refractivity contribution is 1.02. The summed E-state index contributed by atoms with van der Waals surface area (Å²) in [6.07, 6.45) is 6.81. The molecular formula is C24H21N. The fourth-order valence-corrected chi connectivity index (χ4v) is 3.22. The van der Waals surface area contributed by atoms with Gasteiger partial charge in [-0.3, -0.25) is 0 Å². The largest absolute Gasteiger partial charge is 0.355 e. The van der Waals surface area contributed by atoms with Gasteiger partial charge in [-0.15, -0.1) is 0 Å². The number of allylic oxidation sites excluding steroid dienone is 3. The van der Waals surface area contributed by atoms with Gasteiger partial charge in [0.1, 0.15) is 0 Å². The summed E-state index contributed by atoms with van der Waals surface area (Å²) in [6.45, 7) is 0. The Morgan fingerprint density at radius 3 is 1.76 bits per heavy atom. The second-order valence-electron chi connectivity index (χ2n) is 6.25. The SMILES string of the molecule is C1=C(Nc2ccc(-c3ccccc3)cc2)C(c2ccccc2)=CCC1. The molecule has 0 bridgehead atoms. The van der Waals surface area contributed by atoms with Gasteiger partial charge >= 0.3 is 0 Å². The minimum Gasteiger partial charge on any atom is -0.355 e. The van der Waals surface area contributed by atoms with Crippen LogP contribution in [0.3, 0.4) is 0 Å². The molecular weight excluding hydrogens is 302 g/mol. The number of benzene rings is 3. The Morgan fingerprint density at radius 2 is 1.08 bits per heavy atom. The van der Waals surface area contributed by atoms with E-state index >= 15 is 0 Å². The van der Waals surface area contributed by atoms with Gasteiger partial charge < -0.3 is 5.32 Å². The molecule has 0 aromatic heterocycles. The Kier molecular flexibility index (Phi) is 4.47. The molecule has 0 saturated carbocycles. The van der Waals surface area contributed by atoms with Crippen LogP contribution in [0, 0.1) is 0 Å². The van der Waals surface area contributed by atoms with Gasteiger partial charge in [0.15, 0.2) is 0 Å². The predicted octanol–water partition coefficient (Wildman–Crippen LogP) is 6.53. The normalized spacial score (nSPS) is 13.8. The minimum atomic E-state index is 1.08. The summed E-state index contributed by atoms with van der Waals surface area (Å²) < 4.78 is 0. The van der Waals surface area contributed by atoms with Crippen molar-refractivity contribution in [2.45, 2.75) is 12.8 Å². The second kappa shape index (κ2) is 7.23. The summed E-state index contributed by atoms with van der Waals surface area (Å²) >= 11 is 0. The van der Waals surface area contributed by atoms with Gasteiger partial charge in [-0.25, -0.2) is 0 Å². The average molecular weight is 323 g/mol. The van der Waals surface area contributed by atoms with E-state index in [1.807, 2.05) is 6.07 Å². The molecule has 0 atom stereocenters. The fourth-order valence-electron chi connectivity index (χ4n) is 3.22. The molecule has 0 fully saturated rings. The standard InChI is InChI=1S/C24H21N/c1-3-9-19(10-4-1)20-15-17-22(18-16-20)25-24-14-8-7-13-23(24)21-11-5-2-6-12-21/h1-6,9-18,25H,7-8H2. The first-order valence-corrected chi connectivity index (χ1v) is 8.79. The Balaban J connectivity index is 1.55. The lowest BCUT2D eigenvalue weighted by Crippen LogP contribution is -2.05. The van der Waals surface area contributed by atoms with Crippen molar-refractivity contribution in [1.82, 2.24) is 0 Å². The number of hydrogen-bond acceptors (Lipinski definition) is 1. The van der Waals surface area contributed by atoms with Gasteiger partial charge in [-0.2, -0.15) is 0 Å². The molecule has 1 aliphatic rings. The highest BCUT2D eigenvalue weighted by Gasteiger charge is 2.11. The van der Waals surface area contributed by atoms with Gasteiger partial charge in [0, 0.05) is 17.0 Å². The van der Waals surface area contributed by atoms with Crippen molar-refractivity contribution in [3.8, 4) is 11.1 Å². The fraction of sp³-hybridized carbons (Fsp3) is 0.0833. The van der Waals surface area contributed by atoms with Gasteiger partial charge in [0.2, 0.25) is 0 Å². The molecule has 0 amide bonds. The van der Waals surface area contributed by atoms with Crippen LogP contribution < -0.4 is 5.32 Å². The molecule has 1 nitrogen and oxygen atoms in total. The molecule has 0 aliphatic heterocycles. The Bertz CT molecular complexity index is 888. The van der Waals surface area contributed by atoms with Gasteiger partial charge in [-0.05, 0) is 41.7 Å². The second-order valence-corrected chi connectivity index (χ2v) is 6.25. The Hall–Kier alpha value is -3.06. The number of nitrogens with one attached hydrogen (secondary N) is 1. The molecule has 3 aromatic rings. The summed E-state index contributed by atoms with van der Waals surface area (Å²) in [5.41, 5.74) is 7.36. The highest BCUT2D eigenvalue weighted by atomic mass is 14.9. The molecule has 0 saturated heterocycles. The molecule has 3 aromatic carbocycles. The van der Waals surface area contributed by atoms with E-state index in [2.05, 4.69) is 96.3 Å². The van der Waals surface area contributed by atoms with Crippen LogP contribution in [0.5, 0.6) is 0 Å². The summed E-state index contributed by atoms with van der Waals surface area (Å²) in [4.78, 5) is 0. The molecule has 1 aliphatic carbocycles. The maximum Gasteiger partial charge on any atom is 0.0420 e. The first-order chi connectivity index (χ1) is 12.4. The molecule has 4 rings (SSSR count). The third-order valence-electron chi connectivity index (χ3n) is 4.51. The molecule has 0 unspecified atom stereocenters. The van der Waals surface area contributed by atoms with Gasteiger partial charge in [0.25, 0.3) is 0 Å². The van der Waals surface area contributed by atoms with E-state index in [1.165, 1.54) is 28.0 Å². The highest BCUT2D eigenvalue weighted by molar-refractivity contribution is 5.83. The zero-order valence-corrected chi connectivity index (χ0v) is 14.2.